The zero-order valence-corrected chi connectivity index (χ0v) is 25.6. The number of hydrogen-bond donors (Lipinski definition) is 1. The Bertz CT molecular complexity index is 1790. The van der Waals surface area contributed by atoms with Gasteiger partial charge in [-0.25, -0.2) is 0 Å². The molecule has 0 amide bonds. The average molecular weight is 744 g/mol. The standard InChI is InChI=1S/C27H18NOSe.C5H8O2.Ir/c1-16-7-5-8-17(2)26(16)25-13-18-15-28-22(14-24(18)30-25)21-11-6-10-20-19-9-3-4-12-23(19)29-27(20)21;1-4(6)3-5(2)7;/h3-10,12-15H,1-2H3;3,6H,1-2H3;/q-1;;/b;4-3-;. The van der Waals surface area contributed by atoms with Gasteiger partial charge in [-0.1, -0.05) is 0 Å². The number of nitrogens with zero attached hydrogens (tertiary/aromatic N) is 1. The number of pyridine rings is 1. The Labute approximate surface area is 241 Å². The summed E-state index contributed by atoms with van der Waals surface area (Å²) in [6.07, 6.45) is 3.17. The number of fused-ring (bicyclic) bond motifs is 4. The van der Waals surface area contributed by atoms with Crippen molar-refractivity contribution in [3.05, 3.63) is 102 Å². The molecule has 3 aromatic heterocycles. The fourth-order valence-electron chi connectivity index (χ4n) is 4.57. The Morgan fingerprint density at radius 3 is 2.42 bits per heavy atom. The minimum atomic E-state index is -0.125. The van der Waals surface area contributed by atoms with Gasteiger partial charge in [-0.2, -0.15) is 0 Å². The van der Waals surface area contributed by atoms with E-state index in [0.29, 0.717) is 0 Å². The molecule has 6 rings (SSSR count). The molecule has 6 heteroatoms. The molecule has 6 aromatic rings. The van der Waals surface area contributed by atoms with Crippen molar-refractivity contribution in [2.75, 3.05) is 0 Å². The molecule has 3 heterocycles. The molecular formula is C32H26IrNO3Se-. The summed E-state index contributed by atoms with van der Waals surface area (Å²) in [4.78, 5) is 14.8. The molecule has 4 nitrogen and oxygen atoms in total. The first kappa shape index (κ1) is 27.8. The number of allylic oxidation sites excluding steroid dienone is 2. The molecule has 1 radical (unpaired) electrons. The van der Waals surface area contributed by atoms with E-state index in [1.165, 1.54) is 50.7 Å². The number of aromatic nitrogens is 1. The number of carbonyl (C=O) groups is 1. The van der Waals surface area contributed by atoms with E-state index < -0.39 is 0 Å². The smallest absolute Gasteiger partial charge is 0 e. The Balaban J connectivity index is 0.000000375. The summed E-state index contributed by atoms with van der Waals surface area (Å²) in [5.74, 6) is -0.0625. The predicted octanol–water partition coefficient (Wildman–Crippen LogP) is 7.98. The largest absolute Gasteiger partial charge is 0 e. The number of benzene rings is 3. The molecule has 3 aromatic carbocycles. The van der Waals surface area contributed by atoms with Gasteiger partial charge in [0, 0.05) is 26.2 Å². The summed E-state index contributed by atoms with van der Waals surface area (Å²) in [6.45, 7) is 7.24. The number of ketones is 1. The minimum absolute atomic E-state index is 0. The molecular weight excluding hydrogens is 718 g/mol. The van der Waals surface area contributed by atoms with Gasteiger partial charge in [0.25, 0.3) is 0 Å². The molecule has 0 aliphatic heterocycles. The van der Waals surface area contributed by atoms with Crippen LogP contribution in [0.5, 0.6) is 0 Å². The first-order chi connectivity index (χ1) is 17.8. The van der Waals surface area contributed by atoms with Crippen LogP contribution in [0.1, 0.15) is 25.0 Å². The summed E-state index contributed by atoms with van der Waals surface area (Å²) in [5.41, 5.74) is 7.69. The summed E-state index contributed by atoms with van der Waals surface area (Å²) in [7, 11) is 0. The van der Waals surface area contributed by atoms with Gasteiger partial charge in [-0.05, 0) is 13.8 Å². The zero-order valence-electron chi connectivity index (χ0n) is 21.5. The fraction of sp³-hybridized carbons (Fsp3) is 0.125. The Hall–Kier alpha value is -3.27. The monoisotopic (exact) mass is 745 g/mol. The normalized spacial score (nSPS) is 11.3. The van der Waals surface area contributed by atoms with Crippen molar-refractivity contribution in [2.45, 2.75) is 27.7 Å². The number of carbonyl (C=O) groups excluding carboxylic acids is 1. The number of hydrogen-bond acceptors (Lipinski definition) is 4. The topological polar surface area (TPSA) is 63.3 Å². The molecule has 1 N–H and O–H groups in total. The van der Waals surface area contributed by atoms with Gasteiger partial charge >= 0.3 is 181 Å². The fourth-order valence-corrected chi connectivity index (χ4v) is 7.19. The molecule has 0 aliphatic rings. The summed E-state index contributed by atoms with van der Waals surface area (Å²) >= 11 is 0.256. The van der Waals surface area contributed by atoms with E-state index in [9.17, 15) is 4.79 Å². The van der Waals surface area contributed by atoms with Gasteiger partial charge in [-0.15, -0.1) is 0 Å². The number of rotatable bonds is 3. The van der Waals surface area contributed by atoms with Gasteiger partial charge < -0.3 is 5.11 Å². The van der Waals surface area contributed by atoms with Crippen LogP contribution in [0.15, 0.2) is 89.2 Å². The molecule has 0 spiro atoms. The van der Waals surface area contributed by atoms with Gasteiger partial charge in [0.2, 0.25) is 0 Å². The second kappa shape index (κ2) is 11.6. The van der Waals surface area contributed by atoms with Crippen molar-refractivity contribution in [3.63, 3.8) is 0 Å². The third-order valence-electron chi connectivity index (χ3n) is 6.14. The maximum absolute atomic E-state index is 10.0. The van der Waals surface area contributed by atoms with Crippen molar-refractivity contribution in [1.29, 1.82) is 0 Å². The summed E-state index contributed by atoms with van der Waals surface area (Å²) in [5, 5.41) is 11.8. The van der Waals surface area contributed by atoms with Crippen LogP contribution in [0.2, 0.25) is 0 Å². The molecule has 38 heavy (non-hydrogen) atoms. The first-order valence-corrected chi connectivity index (χ1v) is 13.7. The molecule has 0 fully saturated rings. The SMILES string of the molecule is CC(=O)/C=C(/C)O.Cc1cccc(C)c1-c1cc2cnc(-c3[c-]ccc4c3oc3ccccc34)cc2[se]1.[Ir]. The van der Waals surface area contributed by atoms with E-state index in [1.54, 1.807) is 0 Å². The quantitative estimate of drug-likeness (QED) is 0.0865. The predicted molar refractivity (Wildman–Crippen MR) is 152 cm³/mol. The molecule has 0 atom stereocenters. The maximum atomic E-state index is 10.0. The summed E-state index contributed by atoms with van der Waals surface area (Å²) < 4.78 is 9.00. The second-order valence-electron chi connectivity index (χ2n) is 9.07. The molecule has 0 aliphatic carbocycles. The number of para-hydroxylation sites is 1. The van der Waals surface area contributed by atoms with Crippen LogP contribution in [0.4, 0.5) is 0 Å². The molecule has 0 saturated carbocycles. The Kier molecular flexibility index (Phi) is 8.50. The van der Waals surface area contributed by atoms with Crippen LogP contribution in [-0.4, -0.2) is 30.4 Å². The van der Waals surface area contributed by atoms with Crippen LogP contribution in [0.3, 0.4) is 0 Å². The Morgan fingerprint density at radius 2 is 1.74 bits per heavy atom. The molecule has 0 bridgehead atoms. The molecule has 0 unspecified atom stereocenters. The van der Waals surface area contributed by atoms with E-state index in [2.05, 4.69) is 62.4 Å². The van der Waals surface area contributed by atoms with Crippen LogP contribution < -0.4 is 0 Å². The number of aliphatic hydroxyl groups excluding tert-OH is 1. The van der Waals surface area contributed by atoms with Crippen LogP contribution in [-0.2, 0) is 24.9 Å². The summed E-state index contributed by atoms with van der Waals surface area (Å²) in [6, 6.07) is 26.7. The van der Waals surface area contributed by atoms with Crippen LogP contribution in [0.25, 0.3) is 52.8 Å². The average Bonchev–Trinajstić information content (AvgIpc) is 3.44. The van der Waals surface area contributed by atoms with Gasteiger partial charge in [-0.3, -0.25) is 4.79 Å². The second-order valence-corrected chi connectivity index (χ2v) is 11.3. The van der Waals surface area contributed by atoms with Crippen LogP contribution >= 0.6 is 0 Å². The van der Waals surface area contributed by atoms with Gasteiger partial charge in [0.1, 0.15) is 0 Å². The van der Waals surface area contributed by atoms with E-state index in [0.717, 1.165) is 33.2 Å². The number of furan rings is 1. The van der Waals surface area contributed by atoms with E-state index in [4.69, 9.17) is 14.5 Å². The van der Waals surface area contributed by atoms with Crippen molar-refractivity contribution >= 4 is 51.9 Å². The van der Waals surface area contributed by atoms with Crippen molar-refractivity contribution in [1.82, 2.24) is 4.98 Å². The first-order valence-electron chi connectivity index (χ1n) is 12.0. The van der Waals surface area contributed by atoms with Crippen molar-refractivity contribution in [3.8, 4) is 21.3 Å². The third-order valence-corrected chi connectivity index (χ3v) is 8.48. The maximum Gasteiger partial charge on any atom is 0 e. The van der Waals surface area contributed by atoms with Crippen molar-refractivity contribution < 1.29 is 34.4 Å². The molecule has 193 valence electrons. The van der Waals surface area contributed by atoms with Crippen LogP contribution in [0, 0.1) is 19.9 Å². The van der Waals surface area contributed by atoms with E-state index in [1.807, 2.05) is 30.5 Å². The van der Waals surface area contributed by atoms with Crippen molar-refractivity contribution in [2.24, 2.45) is 0 Å². The van der Waals surface area contributed by atoms with E-state index in [-0.39, 0.29) is 46.2 Å². The molecule has 0 saturated heterocycles. The van der Waals surface area contributed by atoms with Gasteiger partial charge in [0.15, 0.2) is 5.78 Å². The number of aryl methyl sites for hydroxylation is 2. The zero-order chi connectivity index (χ0) is 26.1. The Morgan fingerprint density at radius 1 is 1.00 bits per heavy atom. The minimum Gasteiger partial charge on any atom is 0 e. The third kappa shape index (κ3) is 5.60. The van der Waals surface area contributed by atoms with E-state index >= 15 is 0 Å². The van der Waals surface area contributed by atoms with Gasteiger partial charge in [0.05, 0.1) is 5.76 Å². The number of aliphatic hydroxyl groups is 1.